The first-order valence-electron chi connectivity index (χ1n) is 7.17. The Labute approximate surface area is 138 Å². The average Bonchev–Trinajstić information content (AvgIpc) is 2.87. The van der Waals surface area contributed by atoms with Gasteiger partial charge in [0.25, 0.3) is 0 Å². The van der Waals surface area contributed by atoms with Crippen molar-refractivity contribution in [3.63, 3.8) is 0 Å². The minimum atomic E-state index is -0.858. The topological polar surface area (TPSA) is 80.5 Å². The number of methoxy groups -OCH3 is 1. The molecule has 122 valence electrons. The van der Waals surface area contributed by atoms with E-state index in [-0.39, 0.29) is 0 Å². The third-order valence-electron chi connectivity index (χ3n) is 4.04. The van der Waals surface area contributed by atoms with E-state index in [9.17, 15) is 9.90 Å². The molecular weight excluding hydrogens is 320 g/mol. The SMILES string of the molecule is COc1ccc(CN2Cc3nnc(C)n3CC2C(=O)O)cc1Cl. The number of carboxylic acid groups (broad SMARTS) is 1. The summed E-state index contributed by atoms with van der Waals surface area (Å²) < 4.78 is 6.99. The van der Waals surface area contributed by atoms with Crippen LogP contribution in [0.2, 0.25) is 5.02 Å². The molecule has 1 aromatic heterocycles. The number of fused-ring (bicyclic) bond motifs is 1. The fourth-order valence-corrected chi connectivity index (χ4v) is 3.08. The lowest BCUT2D eigenvalue weighted by molar-refractivity contribution is -0.145. The lowest BCUT2D eigenvalue weighted by Crippen LogP contribution is -2.47. The van der Waals surface area contributed by atoms with Crippen molar-refractivity contribution in [3.05, 3.63) is 40.4 Å². The second kappa shape index (κ2) is 6.17. The number of halogens is 1. The lowest BCUT2D eigenvalue weighted by atomic mass is 10.1. The van der Waals surface area contributed by atoms with Gasteiger partial charge >= 0.3 is 5.97 Å². The minimum absolute atomic E-state index is 0.341. The van der Waals surface area contributed by atoms with Crippen LogP contribution in [0.3, 0.4) is 0 Å². The second-order valence-electron chi connectivity index (χ2n) is 5.50. The van der Waals surface area contributed by atoms with Gasteiger partial charge in [-0.25, -0.2) is 0 Å². The van der Waals surface area contributed by atoms with Crippen LogP contribution >= 0.6 is 11.6 Å². The highest BCUT2D eigenvalue weighted by Crippen LogP contribution is 2.27. The minimum Gasteiger partial charge on any atom is -0.495 e. The van der Waals surface area contributed by atoms with Crippen LogP contribution in [-0.2, 0) is 24.4 Å². The molecule has 23 heavy (non-hydrogen) atoms. The summed E-state index contributed by atoms with van der Waals surface area (Å²) in [7, 11) is 1.56. The molecule has 0 spiro atoms. The highest BCUT2D eigenvalue weighted by Gasteiger charge is 2.33. The summed E-state index contributed by atoms with van der Waals surface area (Å²) in [6.45, 7) is 3.07. The smallest absolute Gasteiger partial charge is 0.322 e. The van der Waals surface area contributed by atoms with E-state index in [1.165, 1.54) is 0 Å². The number of carboxylic acids is 1. The largest absolute Gasteiger partial charge is 0.495 e. The zero-order valence-electron chi connectivity index (χ0n) is 12.9. The van der Waals surface area contributed by atoms with Gasteiger partial charge in [0.1, 0.15) is 23.4 Å². The van der Waals surface area contributed by atoms with E-state index < -0.39 is 12.0 Å². The zero-order valence-corrected chi connectivity index (χ0v) is 13.6. The molecule has 1 atom stereocenters. The van der Waals surface area contributed by atoms with Gasteiger partial charge in [-0.15, -0.1) is 10.2 Å². The van der Waals surface area contributed by atoms with Gasteiger partial charge < -0.3 is 14.4 Å². The molecule has 1 unspecified atom stereocenters. The van der Waals surface area contributed by atoms with E-state index in [4.69, 9.17) is 16.3 Å². The molecule has 0 aliphatic carbocycles. The second-order valence-corrected chi connectivity index (χ2v) is 5.91. The Morgan fingerprint density at radius 2 is 2.26 bits per heavy atom. The first-order chi connectivity index (χ1) is 11.0. The van der Waals surface area contributed by atoms with E-state index in [2.05, 4.69) is 10.2 Å². The molecule has 1 N–H and O–H groups in total. The Morgan fingerprint density at radius 3 is 2.91 bits per heavy atom. The maximum Gasteiger partial charge on any atom is 0.322 e. The van der Waals surface area contributed by atoms with Crippen LogP contribution in [0, 0.1) is 6.92 Å². The molecule has 0 fully saturated rings. The molecule has 3 rings (SSSR count). The van der Waals surface area contributed by atoms with Crippen LogP contribution in [0.4, 0.5) is 0 Å². The molecule has 0 bridgehead atoms. The number of benzene rings is 1. The van der Waals surface area contributed by atoms with Crippen LogP contribution in [-0.4, -0.2) is 43.9 Å². The van der Waals surface area contributed by atoms with Crippen LogP contribution in [0.25, 0.3) is 0 Å². The van der Waals surface area contributed by atoms with Crippen LogP contribution < -0.4 is 4.74 Å². The Balaban J connectivity index is 1.85. The number of hydrogen-bond donors (Lipinski definition) is 1. The van der Waals surface area contributed by atoms with Gasteiger partial charge in [0.2, 0.25) is 0 Å². The summed E-state index contributed by atoms with van der Waals surface area (Å²) in [6.07, 6.45) is 0. The fraction of sp³-hybridized carbons (Fsp3) is 0.400. The summed E-state index contributed by atoms with van der Waals surface area (Å²) in [5, 5.41) is 18.2. The molecule has 0 radical (unpaired) electrons. The Hall–Kier alpha value is -2.12. The molecule has 1 aliphatic heterocycles. The first-order valence-corrected chi connectivity index (χ1v) is 7.55. The molecule has 0 saturated carbocycles. The number of ether oxygens (including phenoxy) is 1. The van der Waals surface area contributed by atoms with Gasteiger partial charge in [0, 0.05) is 6.54 Å². The highest BCUT2D eigenvalue weighted by atomic mass is 35.5. The van der Waals surface area contributed by atoms with Crippen LogP contribution in [0.5, 0.6) is 5.75 Å². The summed E-state index contributed by atoms with van der Waals surface area (Å²) >= 11 is 6.14. The predicted molar refractivity (Wildman–Crippen MR) is 83.4 cm³/mol. The summed E-state index contributed by atoms with van der Waals surface area (Å²) in [6, 6.07) is 4.83. The molecular formula is C15H17ClN4O3. The maximum atomic E-state index is 11.6. The molecule has 1 aliphatic rings. The summed E-state index contributed by atoms with van der Waals surface area (Å²) in [5.74, 6) is 1.25. The number of aliphatic carboxylic acids is 1. The Kier molecular flexibility index (Phi) is 4.23. The Morgan fingerprint density at radius 1 is 1.48 bits per heavy atom. The predicted octanol–water partition coefficient (Wildman–Crippen LogP) is 1.72. The summed E-state index contributed by atoms with van der Waals surface area (Å²) in [4.78, 5) is 13.5. The molecule has 2 aromatic rings. The van der Waals surface area contributed by atoms with Crippen molar-refractivity contribution in [1.82, 2.24) is 19.7 Å². The van der Waals surface area contributed by atoms with Gasteiger partial charge in [0.15, 0.2) is 0 Å². The van der Waals surface area contributed by atoms with Crippen molar-refractivity contribution in [2.75, 3.05) is 7.11 Å². The normalized spacial score (nSPS) is 17.8. The Bertz CT molecular complexity index is 746. The van der Waals surface area contributed by atoms with E-state index >= 15 is 0 Å². The van der Waals surface area contributed by atoms with Crippen molar-refractivity contribution < 1.29 is 14.6 Å². The number of hydrogen-bond acceptors (Lipinski definition) is 5. The number of rotatable bonds is 4. The number of aromatic nitrogens is 3. The highest BCUT2D eigenvalue weighted by molar-refractivity contribution is 6.32. The third kappa shape index (κ3) is 3.02. The fourth-order valence-electron chi connectivity index (χ4n) is 2.80. The van der Waals surface area contributed by atoms with E-state index in [1.807, 2.05) is 22.5 Å². The third-order valence-corrected chi connectivity index (χ3v) is 4.34. The van der Waals surface area contributed by atoms with E-state index in [0.717, 1.165) is 17.2 Å². The van der Waals surface area contributed by atoms with Crippen LogP contribution in [0.1, 0.15) is 17.2 Å². The molecule has 2 heterocycles. The molecule has 0 saturated heterocycles. The monoisotopic (exact) mass is 336 g/mol. The number of carbonyl (C=O) groups is 1. The van der Waals surface area contributed by atoms with Gasteiger partial charge in [0.05, 0.1) is 25.2 Å². The molecule has 0 amide bonds. The molecule has 1 aromatic carbocycles. The van der Waals surface area contributed by atoms with Crippen molar-refractivity contribution >= 4 is 17.6 Å². The average molecular weight is 337 g/mol. The number of nitrogens with zero attached hydrogens (tertiary/aromatic N) is 4. The number of aryl methyl sites for hydroxylation is 1. The quantitative estimate of drug-likeness (QED) is 0.915. The summed E-state index contributed by atoms with van der Waals surface area (Å²) in [5.41, 5.74) is 0.923. The maximum absolute atomic E-state index is 11.6. The van der Waals surface area contributed by atoms with Crippen molar-refractivity contribution in [1.29, 1.82) is 0 Å². The zero-order chi connectivity index (χ0) is 16.6. The van der Waals surface area contributed by atoms with Crippen molar-refractivity contribution in [2.45, 2.75) is 32.6 Å². The van der Waals surface area contributed by atoms with Crippen molar-refractivity contribution in [2.24, 2.45) is 0 Å². The van der Waals surface area contributed by atoms with Gasteiger partial charge in [-0.2, -0.15) is 0 Å². The van der Waals surface area contributed by atoms with Gasteiger partial charge in [-0.05, 0) is 24.6 Å². The first kappa shape index (κ1) is 15.8. The van der Waals surface area contributed by atoms with Gasteiger partial charge in [-0.1, -0.05) is 17.7 Å². The van der Waals surface area contributed by atoms with E-state index in [1.54, 1.807) is 19.2 Å². The van der Waals surface area contributed by atoms with Crippen molar-refractivity contribution in [3.8, 4) is 5.75 Å². The standard InChI is InChI=1S/C15H17ClN4O3/c1-9-17-18-14-8-19(12(15(21)22)7-20(9)14)6-10-3-4-13(23-2)11(16)5-10/h3-5,12H,6-8H2,1-2H3,(H,21,22). The molecule has 8 heteroatoms. The van der Waals surface area contributed by atoms with Gasteiger partial charge in [-0.3, -0.25) is 9.69 Å². The van der Waals surface area contributed by atoms with E-state index in [0.29, 0.717) is 30.4 Å². The lowest BCUT2D eigenvalue weighted by Gasteiger charge is -2.33. The van der Waals surface area contributed by atoms with Crippen LogP contribution in [0.15, 0.2) is 18.2 Å². The molecule has 7 nitrogen and oxygen atoms in total.